The minimum atomic E-state index is -0.389. The Morgan fingerprint density at radius 2 is 1.95 bits per heavy atom. The molecule has 19 heavy (non-hydrogen) atoms. The van der Waals surface area contributed by atoms with Gasteiger partial charge in [0.2, 0.25) is 0 Å². The highest BCUT2D eigenvalue weighted by Gasteiger charge is 2.49. The van der Waals surface area contributed by atoms with E-state index in [0.29, 0.717) is 0 Å². The largest absolute Gasteiger partial charge is 0.350 e. The van der Waals surface area contributed by atoms with Gasteiger partial charge < -0.3 is 9.47 Å². The van der Waals surface area contributed by atoms with E-state index in [1.165, 1.54) is 19.3 Å². The molecule has 0 aromatic heterocycles. The quantitative estimate of drug-likeness (QED) is 0.704. The summed E-state index contributed by atoms with van der Waals surface area (Å²) in [6, 6.07) is 0. The van der Waals surface area contributed by atoms with Gasteiger partial charge in [-0.1, -0.05) is 18.6 Å². The van der Waals surface area contributed by atoms with Crippen molar-refractivity contribution in [3.63, 3.8) is 0 Å². The Morgan fingerprint density at radius 1 is 1.26 bits per heavy atom. The van der Waals surface area contributed by atoms with E-state index in [9.17, 15) is 0 Å². The molecule has 1 saturated heterocycles. The molecule has 106 valence electrons. The summed E-state index contributed by atoms with van der Waals surface area (Å²) < 4.78 is 11.8. The van der Waals surface area contributed by atoms with Gasteiger partial charge in [0.15, 0.2) is 5.79 Å². The monoisotopic (exact) mass is 262 g/mol. The van der Waals surface area contributed by atoms with Crippen molar-refractivity contribution in [2.75, 3.05) is 13.2 Å². The number of hydrogen-bond donors (Lipinski definition) is 0. The fourth-order valence-corrected chi connectivity index (χ4v) is 3.97. The fourth-order valence-electron chi connectivity index (χ4n) is 3.97. The number of fused-ring (bicyclic) bond motifs is 1. The highest BCUT2D eigenvalue weighted by Crippen LogP contribution is 2.55. The SMILES string of the molecule is CC/C=C1/CC2CC3(COC(C)(C)OC3)CC2=C1C. The predicted octanol–water partition coefficient (Wildman–Crippen LogP) is 4.22. The predicted molar refractivity (Wildman–Crippen MR) is 76.8 cm³/mol. The third-order valence-electron chi connectivity index (χ3n) is 5.07. The van der Waals surface area contributed by atoms with Crippen molar-refractivity contribution < 1.29 is 9.47 Å². The van der Waals surface area contributed by atoms with Gasteiger partial charge in [-0.25, -0.2) is 0 Å². The molecule has 1 saturated carbocycles. The molecular weight excluding hydrogens is 236 g/mol. The highest BCUT2D eigenvalue weighted by atomic mass is 16.7. The standard InChI is InChI=1S/C17H26O2/c1-5-6-13-7-14-8-17(9-15(14)12(13)2)10-18-16(3,4)19-11-17/h6,14H,5,7-11H2,1-4H3/b13-6-. The molecule has 0 N–H and O–H groups in total. The first kappa shape index (κ1) is 13.4. The molecule has 3 aliphatic rings. The van der Waals surface area contributed by atoms with Crippen LogP contribution in [0.15, 0.2) is 22.8 Å². The highest BCUT2D eigenvalue weighted by molar-refractivity contribution is 5.44. The number of ether oxygens (including phenoxy) is 2. The van der Waals surface area contributed by atoms with Crippen LogP contribution in [-0.2, 0) is 9.47 Å². The second-order valence-electron chi connectivity index (χ2n) is 7.05. The summed E-state index contributed by atoms with van der Waals surface area (Å²) >= 11 is 0. The van der Waals surface area contributed by atoms with Crippen LogP contribution in [0.3, 0.4) is 0 Å². The minimum absolute atomic E-state index is 0.258. The van der Waals surface area contributed by atoms with E-state index in [-0.39, 0.29) is 11.2 Å². The second-order valence-corrected chi connectivity index (χ2v) is 7.05. The smallest absolute Gasteiger partial charge is 0.162 e. The van der Waals surface area contributed by atoms with Gasteiger partial charge in [-0.15, -0.1) is 0 Å². The van der Waals surface area contributed by atoms with Crippen molar-refractivity contribution in [1.82, 2.24) is 0 Å². The van der Waals surface area contributed by atoms with E-state index in [4.69, 9.17) is 9.47 Å². The lowest BCUT2D eigenvalue weighted by atomic mass is 9.84. The van der Waals surface area contributed by atoms with Gasteiger partial charge >= 0.3 is 0 Å². The first-order chi connectivity index (χ1) is 8.95. The van der Waals surface area contributed by atoms with Crippen LogP contribution in [0.5, 0.6) is 0 Å². The zero-order valence-electron chi connectivity index (χ0n) is 12.7. The van der Waals surface area contributed by atoms with Gasteiger partial charge in [0.05, 0.1) is 13.2 Å². The summed E-state index contributed by atoms with van der Waals surface area (Å²) in [5.41, 5.74) is 5.10. The van der Waals surface area contributed by atoms with Gasteiger partial charge in [0.25, 0.3) is 0 Å². The van der Waals surface area contributed by atoms with Crippen LogP contribution in [-0.4, -0.2) is 19.0 Å². The minimum Gasteiger partial charge on any atom is -0.350 e. The summed E-state index contributed by atoms with van der Waals surface area (Å²) in [5, 5.41) is 0. The molecule has 2 fully saturated rings. The number of rotatable bonds is 1. The lowest BCUT2D eigenvalue weighted by molar-refractivity contribution is -0.284. The van der Waals surface area contributed by atoms with Crippen molar-refractivity contribution in [2.24, 2.45) is 11.3 Å². The topological polar surface area (TPSA) is 18.5 Å². The van der Waals surface area contributed by atoms with Crippen LogP contribution in [0.2, 0.25) is 0 Å². The average molecular weight is 262 g/mol. The molecule has 0 aromatic rings. The van der Waals surface area contributed by atoms with Crippen LogP contribution >= 0.6 is 0 Å². The van der Waals surface area contributed by atoms with Crippen LogP contribution in [0.4, 0.5) is 0 Å². The van der Waals surface area contributed by atoms with E-state index >= 15 is 0 Å². The Morgan fingerprint density at radius 3 is 2.53 bits per heavy atom. The van der Waals surface area contributed by atoms with Crippen molar-refractivity contribution in [1.29, 1.82) is 0 Å². The van der Waals surface area contributed by atoms with Crippen LogP contribution < -0.4 is 0 Å². The first-order valence-electron chi connectivity index (χ1n) is 7.62. The molecule has 1 spiro atoms. The van der Waals surface area contributed by atoms with Crippen molar-refractivity contribution >= 4 is 0 Å². The van der Waals surface area contributed by atoms with Gasteiger partial charge in [-0.3, -0.25) is 0 Å². The molecule has 0 amide bonds. The summed E-state index contributed by atoms with van der Waals surface area (Å²) in [5.74, 6) is 0.367. The molecule has 0 bridgehead atoms. The maximum absolute atomic E-state index is 5.92. The van der Waals surface area contributed by atoms with Gasteiger partial charge in [0.1, 0.15) is 0 Å². The Balaban J connectivity index is 1.78. The van der Waals surface area contributed by atoms with E-state index in [0.717, 1.165) is 25.6 Å². The van der Waals surface area contributed by atoms with Gasteiger partial charge in [-0.2, -0.15) is 0 Å². The van der Waals surface area contributed by atoms with Crippen LogP contribution in [0.25, 0.3) is 0 Å². The number of hydrogen-bond acceptors (Lipinski definition) is 2. The Kier molecular flexibility index (Phi) is 3.14. The summed E-state index contributed by atoms with van der Waals surface area (Å²) in [4.78, 5) is 0. The average Bonchev–Trinajstić information content (AvgIpc) is 2.83. The molecule has 2 heteroatoms. The molecule has 2 nitrogen and oxygen atoms in total. The lowest BCUT2D eigenvalue weighted by Crippen LogP contribution is -2.45. The van der Waals surface area contributed by atoms with Crippen molar-refractivity contribution in [3.05, 3.63) is 22.8 Å². The molecular formula is C17H26O2. The van der Waals surface area contributed by atoms with E-state index in [1.54, 1.807) is 16.7 Å². The van der Waals surface area contributed by atoms with Crippen molar-refractivity contribution in [3.8, 4) is 0 Å². The van der Waals surface area contributed by atoms with Crippen LogP contribution in [0.1, 0.15) is 53.4 Å². The molecule has 0 radical (unpaired) electrons. The van der Waals surface area contributed by atoms with Crippen LogP contribution in [0, 0.1) is 11.3 Å². The zero-order valence-corrected chi connectivity index (χ0v) is 12.7. The molecule has 0 aromatic carbocycles. The van der Waals surface area contributed by atoms with Crippen molar-refractivity contribution in [2.45, 2.75) is 59.2 Å². The van der Waals surface area contributed by atoms with Gasteiger partial charge in [-0.05, 0) is 63.5 Å². The zero-order chi connectivity index (χ0) is 13.7. The number of allylic oxidation sites excluding steroid dienone is 4. The first-order valence-corrected chi connectivity index (χ1v) is 7.62. The normalized spacial score (nSPS) is 34.3. The molecule has 1 atom stereocenters. The molecule has 1 aliphatic heterocycles. The summed E-state index contributed by atoms with van der Waals surface area (Å²) in [7, 11) is 0. The third kappa shape index (κ3) is 2.30. The summed E-state index contributed by atoms with van der Waals surface area (Å²) in [6.07, 6.45) is 7.24. The summed E-state index contributed by atoms with van der Waals surface area (Å²) in [6.45, 7) is 10.3. The Bertz CT molecular complexity index is 432. The molecule has 3 rings (SSSR count). The maximum atomic E-state index is 5.92. The Hall–Kier alpha value is -0.600. The second kappa shape index (κ2) is 4.46. The fraction of sp³-hybridized carbons (Fsp3) is 0.765. The van der Waals surface area contributed by atoms with E-state index in [1.807, 2.05) is 13.8 Å². The Labute approximate surface area is 116 Å². The molecule has 1 unspecified atom stereocenters. The van der Waals surface area contributed by atoms with Gasteiger partial charge in [0, 0.05) is 5.41 Å². The molecule has 2 aliphatic carbocycles. The maximum Gasteiger partial charge on any atom is 0.162 e. The lowest BCUT2D eigenvalue weighted by Gasteiger charge is -2.41. The molecule has 1 heterocycles. The third-order valence-corrected chi connectivity index (χ3v) is 5.07. The van der Waals surface area contributed by atoms with E-state index in [2.05, 4.69) is 19.9 Å². The van der Waals surface area contributed by atoms with E-state index < -0.39 is 0 Å².